The maximum absolute atomic E-state index is 13.3. The van der Waals surface area contributed by atoms with Crippen LogP contribution in [0.25, 0.3) is 0 Å². The molecule has 2 unspecified atom stereocenters. The van der Waals surface area contributed by atoms with Crippen molar-refractivity contribution in [2.75, 3.05) is 11.4 Å². The molecule has 2 amide bonds. The van der Waals surface area contributed by atoms with E-state index in [1.165, 1.54) is 5.56 Å². The molecule has 2 atom stereocenters. The maximum atomic E-state index is 13.3. The standard InChI is InChI=1S/C22H25N3O2/c1-15-10-11-16-6-4-5-9-19(16)25(15)21(26)14-24-13-18-8-3-2-7-17(18)12-20(24)22(23)27/h2-9,15,20H,10-14H2,1H3,(H2,23,27). The first kappa shape index (κ1) is 17.7. The van der Waals surface area contributed by atoms with Crippen molar-refractivity contribution in [2.24, 2.45) is 5.73 Å². The molecule has 2 aromatic rings. The average Bonchev–Trinajstić information content (AvgIpc) is 2.67. The summed E-state index contributed by atoms with van der Waals surface area (Å²) in [6, 6.07) is 15.9. The van der Waals surface area contributed by atoms with E-state index in [9.17, 15) is 9.59 Å². The highest BCUT2D eigenvalue weighted by atomic mass is 16.2. The number of hydrogen-bond donors (Lipinski definition) is 1. The summed E-state index contributed by atoms with van der Waals surface area (Å²) in [5.41, 5.74) is 10.2. The topological polar surface area (TPSA) is 66.6 Å². The van der Waals surface area contributed by atoms with E-state index < -0.39 is 6.04 Å². The third-order valence-corrected chi connectivity index (χ3v) is 5.80. The average molecular weight is 363 g/mol. The largest absolute Gasteiger partial charge is 0.368 e. The van der Waals surface area contributed by atoms with Gasteiger partial charge >= 0.3 is 0 Å². The highest BCUT2D eigenvalue weighted by molar-refractivity contribution is 5.97. The Labute approximate surface area is 159 Å². The lowest BCUT2D eigenvalue weighted by Crippen LogP contribution is -2.54. The Kier molecular flexibility index (Phi) is 4.70. The molecule has 2 aliphatic heterocycles. The molecule has 0 spiro atoms. The van der Waals surface area contributed by atoms with Gasteiger partial charge in [0.15, 0.2) is 0 Å². The molecule has 2 heterocycles. The minimum atomic E-state index is -0.445. The number of rotatable bonds is 3. The molecule has 140 valence electrons. The fourth-order valence-corrected chi connectivity index (χ4v) is 4.34. The second-order valence-electron chi connectivity index (χ2n) is 7.58. The minimum absolute atomic E-state index is 0.0280. The Balaban J connectivity index is 1.59. The zero-order valence-corrected chi connectivity index (χ0v) is 15.6. The Hall–Kier alpha value is -2.66. The van der Waals surface area contributed by atoms with Crippen LogP contribution in [-0.2, 0) is 29.0 Å². The summed E-state index contributed by atoms with van der Waals surface area (Å²) in [5.74, 6) is -0.343. The van der Waals surface area contributed by atoms with Crippen LogP contribution in [0.1, 0.15) is 30.0 Å². The third kappa shape index (κ3) is 3.35. The van der Waals surface area contributed by atoms with Gasteiger partial charge in [-0.1, -0.05) is 42.5 Å². The van der Waals surface area contributed by atoms with Crippen LogP contribution in [0.5, 0.6) is 0 Å². The van der Waals surface area contributed by atoms with Gasteiger partial charge in [-0.2, -0.15) is 0 Å². The van der Waals surface area contributed by atoms with E-state index >= 15 is 0 Å². The molecule has 0 bridgehead atoms. The molecule has 0 radical (unpaired) electrons. The van der Waals surface area contributed by atoms with Crippen LogP contribution < -0.4 is 10.6 Å². The van der Waals surface area contributed by atoms with E-state index in [2.05, 4.69) is 19.1 Å². The monoisotopic (exact) mass is 363 g/mol. The molecular weight excluding hydrogens is 338 g/mol. The first-order valence-corrected chi connectivity index (χ1v) is 9.54. The van der Waals surface area contributed by atoms with Crippen molar-refractivity contribution in [3.63, 3.8) is 0 Å². The lowest BCUT2D eigenvalue weighted by molar-refractivity contribution is -0.126. The minimum Gasteiger partial charge on any atom is -0.368 e. The lowest BCUT2D eigenvalue weighted by Gasteiger charge is -2.39. The summed E-state index contributed by atoms with van der Waals surface area (Å²) in [4.78, 5) is 29.1. The van der Waals surface area contributed by atoms with Gasteiger partial charge in [0, 0.05) is 18.3 Å². The summed E-state index contributed by atoms with van der Waals surface area (Å²) in [5, 5.41) is 0. The number of benzene rings is 2. The van der Waals surface area contributed by atoms with Gasteiger partial charge < -0.3 is 10.6 Å². The van der Waals surface area contributed by atoms with Crippen LogP contribution in [0.15, 0.2) is 48.5 Å². The molecule has 4 rings (SSSR count). The molecule has 0 saturated carbocycles. The van der Waals surface area contributed by atoms with E-state index in [4.69, 9.17) is 5.73 Å². The van der Waals surface area contributed by atoms with Crippen molar-refractivity contribution in [1.29, 1.82) is 0 Å². The summed E-state index contributed by atoms with van der Waals surface area (Å²) < 4.78 is 0. The normalized spacial score (nSPS) is 22.0. The maximum Gasteiger partial charge on any atom is 0.241 e. The first-order valence-electron chi connectivity index (χ1n) is 9.54. The molecular formula is C22H25N3O2. The summed E-state index contributed by atoms with van der Waals surface area (Å²) in [6.07, 6.45) is 2.50. The molecule has 0 aromatic heterocycles. The van der Waals surface area contributed by atoms with Crippen LogP contribution in [0.2, 0.25) is 0 Å². The number of primary amides is 1. The lowest BCUT2D eigenvalue weighted by atomic mass is 9.93. The van der Waals surface area contributed by atoms with Crippen LogP contribution in [0.3, 0.4) is 0 Å². The van der Waals surface area contributed by atoms with Gasteiger partial charge in [0.05, 0.1) is 12.6 Å². The van der Waals surface area contributed by atoms with Crippen molar-refractivity contribution >= 4 is 17.5 Å². The van der Waals surface area contributed by atoms with Crippen LogP contribution in [0.4, 0.5) is 5.69 Å². The second-order valence-corrected chi connectivity index (χ2v) is 7.58. The number of carbonyl (C=O) groups is 2. The SMILES string of the molecule is CC1CCc2ccccc2N1C(=O)CN1Cc2ccccc2CC1C(N)=O. The summed E-state index contributed by atoms with van der Waals surface area (Å²) >= 11 is 0. The van der Waals surface area contributed by atoms with Crippen LogP contribution in [-0.4, -0.2) is 35.3 Å². The molecule has 5 nitrogen and oxygen atoms in total. The highest BCUT2D eigenvalue weighted by Gasteiger charge is 2.34. The van der Waals surface area contributed by atoms with E-state index in [0.29, 0.717) is 13.0 Å². The Morgan fingerprint density at radius 1 is 1.04 bits per heavy atom. The molecule has 0 aliphatic carbocycles. The molecule has 5 heteroatoms. The second kappa shape index (κ2) is 7.16. The summed E-state index contributed by atoms with van der Waals surface area (Å²) in [7, 11) is 0. The van der Waals surface area contributed by atoms with E-state index in [-0.39, 0.29) is 24.4 Å². The quantitative estimate of drug-likeness (QED) is 0.910. The molecule has 2 N–H and O–H groups in total. The van der Waals surface area contributed by atoms with Crippen LogP contribution >= 0.6 is 0 Å². The molecule has 0 saturated heterocycles. The number of fused-ring (bicyclic) bond motifs is 2. The van der Waals surface area contributed by atoms with Gasteiger partial charge in [-0.3, -0.25) is 14.5 Å². The fraction of sp³-hybridized carbons (Fsp3) is 0.364. The van der Waals surface area contributed by atoms with E-state index in [1.54, 1.807) is 0 Å². The van der Waals surface area contributed by atoms with E-state index in [1.807, 2.05) is 46.2 Å². The number of carbonyl (C=O) groups excluding carboxylic acids is 2. The van der Waals surface area contributed by atoms with Crippen molar-refractivity contribution in [3.8, 4) is 0 Å². The van der Waals surface area contributed by atoms with Crippen molar-refractivity contribution in [1.82, 2.24) is 4.90 Å². The molecule has 2 aliphatic rings. The number of hydrogen-bond acceptors (Lipinski definition) is 3. The van der Waals surface area contributed by atoms with Crippen molar-refractivity contribution < 1.29 is 9.59 Å². The molecule has 2 aromatic carbocycles. The smallest absolute Gasteiger partial charge is 0.241 e. The molecule has 0 fully saturated rings. The fourth-order valence-electron chi connectivity index (χ4n) is 4.34. The zero-order valence-electron chi connectivity index (χ0n) is 15.6. The Bertz CT molecular complexity index is 879. The van der Waals surface area contributed by atoms with Gasteiger partial charge in [0.2, 0.25) is 11.8 Å². The predicted molar refractivity (Wildman–Crippen MR) is 105 cm³/mol. The van der Waals surface area contributed by atoms with Gasteiger partial charge in [-0.25, -0.2) is 0 Å². The highest BCUT2D eigenvalue weighted by Crippen LogP contribution is 2.31. The number of aryl methyl sites for hydroxylation is 1. The molecule has 27 heavy (non-hydrogen) atoms. The van der Waals surface area contributed by atoms with Crippen molar-refractivity contribution in [2.45, 2.75) is 44.8 Å². The number of nitrogens with two attached hydrogens (primary N) is 1. The Morgan fingerprint density at radius 2 is 1.70 bits per heavy atom. The predicted octanol–water partition coefficient (Wildman–Crippen LogP) is 2.27. The van der Waals surface area contributed by atoms with Crippen molar-refractivity contribution in [3.05, 3.63) is 65.2 Å². The van der Waals surface area contributed by atoms with Gasteiger partial charge in [0.25, 0.3) is 0 Å². The van der Waals surface area contributed by atoms with Crippen LogP contribution in [0, 0.1) is 0 Å². The summed E-state index contributed by atoms with van der Waals surface area (Å²) in [6.45, 7) is 2.85. The zero-order chi connectivity index (χ0) is 19.0. The third-order valence-electron chi connectivity index (χ3n) is 5.80. The number of anilines is 1. The first-order chi connectivity index (χ1) is 13.0. The Morgan fingerprint density at radius 3 is 2.44 bits per heavy atom. The van der Waals surface area contributed by atoms with Gasteiger partial charge in [0.1, 0.15) is 0 Å². The van der Waals surface area contributed by atoms with E-state index in [0.717, 1.165) is 29.7 Å². The number of nitrogens with zero attached hydrogens (tertiary/aromatic N) is 2. The van der Waals surface area contributed by atoms with Gasteiger partial charge in [-0.05, 0) is 48.9 Å². The number of para-hydroxylation sites is 1. The number of amides is 2. The van der Waals surface area contributed by atoms with Gasteiger partial charge in [-0.15, -0.1) is 0 Å².